The van der Waals surface area contributed by atoms with Crippen LogP contribution in [0.2, 0.25) is 0 Å². The molecule has 2 aromatic rings. The van der Waals surface area contributed by atoms with E-state index in [4.69, 9.17) is 0 Å². The molecule has 0 fully saturated rings. The molecule has 0 spiro atoms. The van der Waals surface area contributed by atoms with Crippen LogP contribution in [0.15, 0.2) is 53.4 Å². The van der Waals surface area contributed by atoms with E-state index in [1.54, 1.807) is 19.1 Å². The highest BCUT2D eigenvalue weighted by atomic mass is 32.2. The van der Waals surface area contributed by atoms with Crippen LogP contribution in [0.4, 0.5) is 0 Å². The van der Waals surface area contributed by atoms with Crippen LogP contribution >= 0.6 is 0 Å². The zero-order chi connectivity index (χ0) is 24.2. The van der Waals surface area contributed by atoms with Crippen LogP contribution in [0.5, 0.6) is 0 Å². The van der Waals surface area contributed by atoms with E-state index in [-0.39, 0.29) is 35.9 Å². The molecule has 0 bridgehead atoms. The number of benzene rings is 2. The van der Waals surface area contributed by atoms with Crippen molar-refractivity contribution in [1.82, 2.24) is 14.5 Å². The molecule has 176 valence electrons. The molecule has 3 amide bonds. The Balaban J connectivity index is 1.77. The lowest BCUT2D eigenvalue weighted by atomic mass is 10.1. The van der Waals surface area contributed by atoms with Crippen LogP contribution in [0.1, 0.15) is 48.2 Å². The molecule has 8 nitrogen and oxygen atoms in total. The van der Waals surface area contributed by atoms with Crippen molar-refractivity contribution in [3.8, 4) is 0 Å². The number of hydrogen-bond acceptors (Lipinski definition) is 5. The molecule has 1 aliphatic rings. The van der Waals surface area contributed by atoms with Crippen molar-refractivity contribution in [2.24, 2.45) is 0 Å². The number of rotatable bonds is 9. The summed E-state index contributed by atoms with van der Waals surface area (Å²) in [5.41, 5.74) is 2.03. The van der Waals surface area contributed by atoms with Gasteiger partial charge in [-0.1, -0.05) is 48.9 Å². The Kier molecular flexibility index (Phi) is 7.53. The largest absolute Gasteiger partial charge is 0.354 e. The molecular weight excluding hydrogens is 442 g/mol. The lowest BCUT2D eigenvalue weighted by molar-refractivity contribution is -0.140. The number of carbonyl (C=O) groups is 3. The first-order chi connectivity index (χ1) is 15.7. The Hall–Kier alpha value is -3.20. The summed E-state index contributed by atoms with van der Waals surface area (Å²) in [5, 5.41) is 2.80. The molecule has 1 atom stereocenters. The number of sulfonamides is 1. The van der Waals surface area contributed by atoms with Gasteiger partial charge in [0.1, 0.15) is 10.9 Å². The molecule has 0 aromatic heterocycles. The third-order valence-corrected chi connectivity index (χ3v) is 7.47. The quantitative estimate of drug-likeness (QED) is 0.605. The number of hydrogen-bond donors (Lipinski definition) is 1. The monoisotopic (exact) mass is 471 g/mol. The molecule has 1 N–H and O–H groups in total. The molecule has 33 heavy (non-hydrogen) atoms. The molecule has 1 heterocycles. The third kappa shape index (κ3) is 5.24. The molecule has 0 radical (unpaired) electrons. The number of nitrogens with one attached hydrogen (secondary N) is 1. The van der Waals surface area contributed by atoms with Crippen molar-refractivity contribution in [3.05, 3.63) is 65.2 Å². The fraction of sp³-hybridized carbons (Fsp3) is 0.375. The smallest absolute Gasteiger partial charge is 0.269 e. The number of nitrogens with zero attached hydrogens (tertiary/aromatic N) is 2. The molecule has 3 rings (SSSR count). The zero-order valence-corrected chi connectivity index (χ0v) is 19.9. The maximum atomic E-state index is 13.2. The van der Waals surface area contributed by atoms with Crippen molar-refractivity contribution in [2.75, 3.05) is 13.1 Å². The van der Waals surface area contributed by atoms with Gasteiger partial charge in [-0.2, -0.15) is 0 Å². The fourth-order valence-corrected chi connectivity index (χ4v) is 5.23. The Morgan fingerprint density at radius 2 is 1.76 bits per heavy atom. The number of fused-ring (bicyclic) bond motifs is 1. The summed E-state index contributed by atoms with van der Waals surface area (Å²) in [6.07, 6.45) is 0.538. The minimum absolute atomic E-state index is 0.0497. The van der Waals surface area contributed by atoms with E-state index in [1.165, 1.54) is 17.0 Å². The van der Waals surface area contributed by atoms with E-state index in [2.05, 4.69) is 5.32 Å². The lowest BCUT2D eigenvalue weighted by Crippen LogP contribution is -2.48. The van der Waals surface area contributed by atoms with Crippen molar-refractivity contribution in [2.45, 2.75) is 51.1 Å². The highest BCUT2D eigenvalue weighted by molar-refractivity contribution is 7.90. The summed E-state index contributed by atoms with van der Waals surface area (Å²) < 4.78 is 26.3. The van der Waals surface area contributed by atoms with Gasteiger partial charge in [0.05, 0.1) is 5.56 Å². The summed E-state index contributed by atoms with van der Waals surface area (Å²) in [7, 11) is -4.00. The summed E-state index contributed by atoms with van der Waals surface area (Å²) in [5.74, 6) is -1.33. The topological polar surface area (TPSA) is 104 Å². The first kappa shape index (κ1) is 24.4. The second-order valence-electron chi connectivity index (χ2n) is 8.10. The molecule has 2 aromatic carbocycles. The molecule has 9 heteroatoms. The summed E-state index contributed by atoms with van der Waals surface area (Å²) in [6.45, 7) is 5.94. The van der Waals surface area contributed by atoms with Crippen LogP contribution in [0.3, 0.4) is 0 Å². The van der Waals surface area contributed by atoms with Crippen LogP contribution in [-0.2, 0) is 26.2 Å². The van der Waals surface area contributed by atoms with Gasteiger partial charge in [-0.3, -0.25) is 14.4 Å². The highest BCUT2D eigenvalue weighted by Crippen LogP contribution is 2.30. The standard InChI is InChI=1S/C24H29N3O5S/c1-4-14-25-23(29)18(3)26(16-19-11-9-17(2)10-12-19)22(28)13-15-27-24(30)20-7-5-6-8-21(20)33(27,31)32/h5-12,18H,4,13-16H2,1-3H3,(H,25,29)/t18-/m1/s1. The van der Waals surface area contributed by atoms with Gasteiger partial charge in [0.25, 0.3) is 15.9 Å². The predicted octanol–water partition coefficient (Wildman–Crippen LogP) is 2.47. The van der Waals surface area contributed by atoms with Crippen LogP contribution in [0, 0.1) is 6.92 Å². The lowest BCUT2D eigenvalue weighted by Gasteiger charge is -2.29. The Morgan fingerprint density at radius 3 is 2.39 bits per heavy atom. The molecule has 1 aliphatic heterocycles. The number of amides is 3. The van der Waals surface area contributed by atoms with E-state index >= 15 is 0 Å². The average Bonchev–Trinajstić information content (AvgIpc) is 3.00. The maximum Gasteiger partial charge on any atom is 0.269 e. The van der Waals surface area contributed by atoms with Gasteiger partial charge >= 0.3 is 0 Å². The predicted molar refractivity (Wildman–Crippen MR) is 124 cm³/mol. The molecule has 0 aliphatic carbocycles. The van der Waals surface area contributed by atoms with E-state index in [1.807, 2.05) is 38.1 Å². The second-order valence-corrected chi connectivity index (χ2v) is 9.93. The Bertz CT molecular complexity index is 1140. The van der Waals surface area contributed by atoms with Gasteiger partial charge in [0.15, 0.2) is 0 Å². The van der Waals surface area contributed by atoms with E-state index in [0.717, 1.165) is 21.9 Å². The molecule has 0 saturated carbocycles. The van der Waals surface area contributed by atoms with Gasteiger partial charge in [-0.05, 0) is 38.0 Å². The van der Waals surface area contributed by atoms with Gasteiger partial charge < -0.3 is 10.2 Å². The maximum absolute atomic E-state index is 13.2. The fourth-order valence-electron chi connectivity index (χ4n) is 3.66. The molecule has 0 saturated heterocycles. The van der Waals surface area contributed by atoms with Crippen molar-refractivity contribution in [1.29, 1.82) is 0 Å². The van der Waals surface area contributed by atoms with E-state index in [0.29, 0.717) is 6.54 Å². The summed E-state index contributed by atoms with van der Waals surface area (Å²) in [4.78, 5) is 39.8. The van der Waals surface area contributed by atoms with Gasteiger partial charge in [-0.25, -0.2) is 12.7 Å². The van der Waals surface area contributed by atoms with Crippen LogP contribution in [-0.4, -0.2) is 54.5 Å². The van der Waals surface area contributed by atoms with Crippen molar-refractivity contribution >= 4 is 27.7 Å². The minimum atomic E-state index is -4.00. The Morgan fingerprint density at radius 1 is 1.09 bits per heavy atom. The SMILES string of the molecule is CCCNC(=O)[C@@H](C)N(Cc1ccc(C)cc1)C(=O)CCN1C(=O)c2ccccc2S1(=O)=O. The van der Waals surface area contributed by atoms with Gasteiger partial charge in [0.2, 0.25) is 11.8 Å². The minimum Gasteiger partial charge on any atom is -0.354 e. The Labute approximate surface area is 194 Å². The van der Waals surface area contributed by atoms with Gasteiger partial charge in [-0.15, -0.1) is 0 Å². The third-order valence-electron chi connectivity index (χ3n) is 5.63. The first-order valence-corrected chi connectivity index (χ1v) is 12.4. The number of aryl methyl sites for hydroxylation is 1. The molecular formula is C24H29N3O5S. The van der Waals surface area contributed by atoms with E-state index < -0.39 is 27.9 Å². The normalized spacial score (nSPS) is 15.1. The summed E-state index contributed by atoms with van der Waals surface area (Å²) in [6, 6.07) is 12.9. The number of carbonyl (C=O) groups excluding carboxylic acids is 3. The average molecular weight is 472 g/mol. The van der Waals surface area contributed by atoms with Crippen LogP contribution < -0.4 is 5.32 Å². The summed E-state index contributed by atoms with van der Waals surface area (Å²) >= 11 is 0. The molecule has 0 unspecified atom stereocenters. The first-order valence-electron chi connectivity index (χ1n) is 11.0. The second kappa shape index (κ2) is 10.2. The van der Waals surface area contributed by atoms with Crippen molar-refractivity contribution < 1.29 is 22.8 Å². The van der Waals surface area contributed by atoms with Gasteiger partial charge in [0, 0.05) is 26.1 Å². The van der Waals surface area contributed by atoms with E-state index in [9.17, 15) is 22.8 Å². The zero-order valence-electron chi connectivity index (χ0n) is 19.1. The van der Waals surface area contributed by atoms with Crippen LogP contribution in [0.25, 0.3) is 0 Å². The van der Waals surface area contributed by atoms with Crippen molar-refractivity contribution in [3.63, 3.8) is 0 Å². The highest BCUT2D eigenvalue weighted by Gasteiger charge is 2.41.